The van der Waals surface area contributed by atoms with Gasteiger partial charge in [0, 0.05) is 0 Å². The summed E-state index contributed by atoms with van der Waals surface area (Å²) in [6.07, 6.45) is 0. The normalized spacial score (nSPS) is 15.2. The fourth-order valence-electron chi connectivity index (χ4n) is 0. The fourth-order valence-corrected chi connectivity index (χ4v) is 0. The molecule has 0 atom stereocenters. The van der Waals surface area contributed by atoms with Crippen LogP contribution in [-0.2, 0) is 0 Å². The summed E-state index contributed by atoms with van der Waals surface area (Å²) in [5.41, 5.74) is 0. The van der Waals surface area contributed by atoms with Gasteiger partial charge in [-0.05, 0) is 0 Å². The van der Waals surface area contributed by atoms with Crippen molar-refractivity contribution in [2.75, 3.05) is 4.93 Å². The summed E-state index contributed by atoms with van der Waals surface area (Å²) in [4.78, 5) is 1.66. The van der Waals surface area contributed by atoms with Crippen LogP contribution in [-0.4, -0.2) is 4.93 Å². The van der Waals surface area contributed by atoms with Gasteiger partial charge in [0.15, 0.2) is 0 Å². The molecule has 0 aliphatic carbocycles. The molecule has 0 aliphatic rings. The zero-order chi connectivity index (χ0) is 4.50. The second-order valence-electron chi connectivity index (χ2n) is 0.591. The summed E-state index contributed by atoms with van der Waals surface area (Å²) in [5, 5.41) is 0. The van der Waals surface area contributed by atoms with E-state index in [2.05, 4.69) is 0 Å². The van der Waals surface area contributed by atoms with Gasteiger partial charge in [0.25, 0.3) is 0 Å². The third kappa shape index (κ3) is 28.3. The standard InChI is InChI=1S/CH3Cl3I/c1-5(2,3)4/h1H3/q-1. The van der Waals surface area contributed by atoms with Gasteiger partial charge < -0.3 is 0 Å². The second-order valence-corrected chi connectivity index (χ2v) is 18.4. The van der Waals surface area contributed by atoms with E-state index in [0.717, 1.165) is 0 Å². The SMILES string of the molecule is C[I-](Cl)(Cl)Cl. The number of hydrogen-bond acceptors (Lipinski definition) is 0. The van der Waals surface area contributed by atoms with Crippen LogP contribution in [0.25, 0.3) is 0 Å². The Bertz CT molecular complexity index is 22.4. The van der Waals surface area contributed by atoms with E-state index in [1.165, 1.54) is 0 Å². The van der Waals surface area contributed by atoms with E-state index >= 15 is 0 Å². The van der Waals surface area contributed by atoms with Crippen molar-refractivity contribution in [1.82, 2.24) is 0 Å². The maximum atomic E-state index is 5.24. The first-order chi connectivity index (χ1) is 2.00. The first kappa shape index (κ1) is 6.60. The van der Waals surface area contributed by atoms with Crippen LogP contribution in [0.3, 0.4) is 0 Å². The number of halogens is 4. The van der Waals surface area contributed by atoms with Crippen molar-refractivity contribution in [3.63, 3.8) is 0 Å². The molecule has 0 radical (unpaired) electrons. The van der Waals surface area contributed by atoms with E-state index in [1.807, 2.05) is 0 Å². The topological polar surface area (TPSA) is 0 Å². The third-order valence-corrected chi connectivity index (χ3v) is 0. The molecule has 0 aromatic rings. The third-order valence-electron chi connectivity index (χ3n) is 0. The molecule has 36 valence electrons. The van der Waals surface area contributed by atoms with Gasteiger partial charge in [-0.1, -0.05) is 0 Å². The molecular weight excluding hydrogens is 245 g/mol. The van der Waals surface area contributed by atoms with Gasteiger partial charge in [0.2, 0.25) is 0 Å². The van der Waals surface area contributed by atoms with E-state index < -0.39 is 15.0 Å². The molecule has 0 nitrogen and oxygen atoms in total. The van der Waals surface area contributed by atoms with E-state index in [4.69, 9.17) is 26.7 Å². The Morgan fingerprint density at radius 1 is 1.20 bits per heavy atom. The van der Waals surface area contributed by atoms with Crippen LogP contribution in [0.2, 0.25) is 0 Å². The van der Waals surface area contributed by atoms with Crippen molar-refractivity contribution >= 4 is 26.7 Å². The molecule has 0 bridgehead atoms. The summed E-state index contributed by atoms with van der Waals surface area (Å²) < 4.78 is 0. The Hall–Kier alpha value is 1.60. The average Bonchev–Trinajstić information content (AvgIpc) is 0.722. The van der Waals surface area contributed by atoms with E-state index in [0.29, 0.717) is 0 Å². The molecule has 0 aromatic carbocycles. The number of rotatable bonds is 0. The summed E-state index contributed by atoms with van der Waals surface area (Å²) >= 11 is -2.52. The maximum absolute atomic E-state index is 5.24. The van der Waals surface area contributed by atoms with Gasteiger partial charge in [-0.2, -0.15) is 0 Å². The summed E-state index contributed by atoms with van der Waals surface area (Å²) in [6, 6.07) is 0. The molecule has 0 heterocycles. The summed E-state index contributed by atoms with van der Waals surface area (Å²) in [5.74, 6) is 0. The molecule has 0 saturated heterocycles. The molecule has 0 spiro atoms. The molecule has 5 heavy (non-hydrogen) atoms. The first-order valence-corrected chi connectivity index (χ1v) is 11.2. The molecule has 0 N–H and O–H groups in total. The molecule has 0 amide bonds. The van der Waals surface area contributed by atoms with Crippen LogP contribution in [0.5, 0.6) is 0 Å². The molecule has 0 aliphatic heterocycles. The van der Waals surface area contributed by atoms with E-state index in [9.17, 15) is 0 Å². The van der Waals surface area contributed by atoms with Crippen molar-refractivity contribution in [3.05, 3.63) is 0 Å². The van der Waals surface area contributed by atoms with Crippen LogP contribution in [0.15, 0.2) is 0 Å². The van der Waals surface area contributed by atoms with Crippen molar-refractivity contribution in [1.29, 1.82) is 0 Å². The molecule has 4 heteroatoms. The quantitative estimate of drug-likeness (QED) is 0.390. The monoisotopic (exact) mass is 247 g/mol. The van der Waals surface area contributed by atoms with Gasteiger partial charge in [0.1, 0.15) is 0 Å². The fraction of sp³-hybridized carbons (Fsp3) is 1.00. The molecule has 0 fully saturated rings. The molecular formula is CH3Cl3I-. The predicted molar refractivity (Wildman–Crippen MR) is 23.5 cm³/mol. The van der Waals surface area contributed by atoms with Gasteiger partial charge in [-0.3, -0.25) is 0 Å². The zero-order valence-electron chi connectivity index (χ0n) is 2.51. The second kappa shape index (κ2) is 2.05. The minimum absolute atomic E-state index is 1.66. The van der Waals surface area contributed by atoms with Crippen LogP contribution < -0.4 is 15.0 Å². The molecule has 0 unspecified atom stereocenters. The van der Waals surface area contributed by atoms with Gasteiger partial charge in [-0.15, -0.1) is 0 Å². The molecule has 0 saturated carbocycles. The van der Waals surface area contributed by atoms with Crippen molar-refractivity contribution in [2.45, 2.75) is 0 Å². The zero-order valence-corrected chi connectivity index (χ0v) is 6.94. The van der Waals surface area contributed by atoms with E-state index in [-0.39, 0.29) is 0 Å². The van der Waals surface area contributed by atoms with Crippen molar-refractivity contribution in [3.8, 4) is 0 Å². The number of alkyl halides is 1. The van der Waals surface area contributed by atoms with Crippen LogP contribution in [0, 0.1) is 0 Å². The summed E-state index contributed by atoms with van der Waals surface area (Å²) in [6.45, 7) is 0. The van der Waals surface area contributed by atoms with Crippen LogP contribution in [0.4, 0.5) is 0 Å². The van der Waals surface area contributed by atoms with Crippen molar-refractivity contribution in [2.24, 2.45) is 0 Å². The Morgan fingerprint density at radius 2 is 1.20 bits per heavy atom. The Labute approximate surface area is 46.4 Å². The minimum atomic E-state index is -2.52. The average molecular weight is 248 g/mol. The van der Waals surface area contributed by atoms with E-state index in [1.54, 1.807) is 4.93 Å². The van der Waals surface area contributed by atoms with Gasteiger partial charge in [-0.25, -0.2) is 0 Å². The molecule has 0 rings (SSSR count). The molecule has 0 aromatic heterocycles. The van der Waals surface area contributed by atoms with Crippen LogP contribution in [0.1, 0.15) is 0 Å². The Morgan fingerprint density at radius 3 is 1.20 bits per heavy atom. The Balaban J connectivity index is 3.02. The number of hydrogen-bond donors (Lipinski definition) is 0. The van der Waals surface area contributed by atoms with Crippen LogP contribution >= 0.6 is 26.7 Å². The first-order valence-electron chi connectivity index (χ1n) is 0.807. The Kier molecular flexibility index (Phi) is 2.71. The van der Waals surface area contributed by atoms with Gasteiger partial charge >= 0.3 is 46.7 Å². The van der Waals surface area contributed by atoms with Gasteiger partial charge in [0.05, 0.1) is 0 Å². The predicted octanol–water partition coefficient (Wildman–Crippen LogP) is -0.762. The summed E-state index contributed by atoms with van der Waals surface area (Å²) in [7, 11) is 15.7. The van der Waals surface area contributed by atoms with Crippen molar-refractivity contribution < 1.29 is 15.0 Å².